The number of aromatic hydroxyl groups is 1. The van der Waals surface area contributed by atoms with Crippen molar-refractivity contribution in [3.05, 3.63) is 57.4 Å². The van der Waals surface area contributed by atoms with Crippen LogP contribution in [0.1, 0.15) is 38.6 Å². The molecule has 13 heteroatoms. The van der Waals surface area contributed by atoms with Crippen molar-refractivity contribution in [1.29, 1.82) is 0 Å². The molecule has 1 amide bonds. The number of imidazole rings is 1. The summed E-state index contributed by atoms with van der Waals surface area (Å²) in [5.74, 6) is -0.627. The third-order valence-corrected chi connectivity index (χ3v) is 7.71. The van der Waals surface area contributed by atoms with Gasteiger partial charge in [-0.05, 0) is 49.9 Å². The number of halogens is 4. The van der Waals surface area contributed by atoms with Crippen LogP contribution < -0.4 is 16.4 Å². The molecule has 0 aliphatic heterocycles. The minimum Gasteiger partial charge on any atom is -0.508 e. The lowest BCUT2D eigenvalue weighted by Crippen LogP contribution is -2.38. The zero-order valence-corrected chi connectivity index (χ0v) is 22.4. The fraction of sp³-hybridized carbons (Fsp3) is 0.280. The molecular formula is C25H23Cl3FN7O2. The van der Waals surface area contributed by atoms with Gasteiger partial charge in [0, 0.05) is 22.5 Å². The van der Waals surface area contributed by atoms with Gasteiger partial charge >= 0.3 is 0 Å². The normalized spacial score (nSPS) is 19.4. The SMILES string of the molecule is CC1(C(N)=O)CCC(n2c(Nc3c(Cl)cc(Cl)cc3Cl)nc3cnc(Nc4ccc(O)cc4F)nc32)CC1. The molecule has 1 saturated carbocycles. The average Bonchev–Trinajstić information content (AvgIpc) is 3.21. The van der Waals surface area contributed by atoms with Crippen LogP contribution in [0, 0.1) is 11.2 Å². The standard InChI is InChI=1S/C25H23Cl3FN7O2/c1-25(22(30)38)6-4-13(5-7-25)36-21-19(33-24(36)34-20-15(27)8-12(26)9-16(20)28)11-31-23(35-21)32-18-3-2-14(37)10-17(18)29/h2-3,8-11,13,37H,4-7H2,1H3,(H2,30,38)(H,33,34)(H,31,32,35). The molecule has 1 aliphatic rings. The van der Waals surface area contributed by atoms with E-state index in [0.29, 0.717) is 63.6 Å². The molecule has 5 rings (SSSR count). The molecule has 0 unspecified atom stereocenters. The lowest BCUT2D eigenvalue weighted by Gasteiger charge is -2.35. The Morgan fingerprint density at radius 3 is 2.45 bits per heavy atom. The highest BCUT2D eigenvalue weighted by Crippen LogP contribution is 2.44. The number of carbonyl (C=O) groups excluding carboxylic acids is 1. The second kappa shape index (κ2) is 10.1. The van der Waals surface area contributed by atoms with Gasteiger partial charge in [0.25, 0.3) is 0 Å². The molecule has 0 bridgehead atoms. The van der Waals surface area contributed by atoms with E-state index in [4.69, 9.17) is 40.5 Å². The number of phenols is 1. The fourth-order valence-electron chi connectivity index (χ4n) is 4.63. The lowest BCUT2D eigenvalue weighted by atomic mass is 9.73. The number of phenolic OH excluding ortho intramolecular Hbond substituents is 1. The molecule has 1 aliphatic carbocycles. The van der Waals surface area contributed by atoms with Crippen molar-refractivity contribution in [3.63, 3.8) is 0 Å². The predicted octanol–water partition coefficient (Wildman–Crippen LogP) is 6.73. The third kappa shape index (κ3) is 5.03. The van der Waals surface area contributed by atoms with Crippen molar-refractivity contribution < 1.29 is 14.3 Å². The Morgan fingerprint density at radius 1 is 1.13 bits per heavy atom. The number of aromatic nitrogens is 4. The lowest BCUT2D eigenvalue weighted by molar-refractivity contribution is -0.128. The molecule has 38 heavy (non-hydrogen) atoms. The summed E-state index contributed by atoms with van der Waals surface area (Å²) in [7, 11) is 0. The number of hydrogen-bond acceptors (Lipinski definition) is 7. The zero-order valence-electron chi connectivity index (χ0n) is 20.1. The van der Waals surface area contributed by atoms with Crippen LogP contribution in [-0.4, -0.2) is 30.5 Å². The van der Waals surface area contributed by atoms with Crippen LogP contribution in [0.2, 0.25) is 15.1 Å². The van der Waals surface area contributed by atoms with Crippen molar-refractivity contribution >= 4 is 75.1 Å². The number of hydrogen-bond donors (Lipinski definition) is 4. The number of nitrogens with zero attached hydrogens (tertiary/aromatic N) is 4. The van der Waals surface area contributed by atoms with Gasteiger partial charge in [0.2, 0.25) is 17.8 Å². The Bertz CT molecular complexity index is 1530. The van der Waals surface area contributed by atoms with E-state index in [0.717, 1.165) is 6.07 Å². The van der Waals surface area contributed by atoms with Crippen molar-refractivity contribution in [3.8, 4) is 5.75 Å². The van der Waals surface area contributed by atoms with E-state index in [2.05, 4.69) is 25.6 Å². The average molecular weight is 579 g/mol. The highest BCUT2D eigenvalue weighted by Gasteiger charge is 2.37. The molecule has 5 N–H and O–H groups in total. The van der Waals surface area contributed by atoms with Gasteiger partial charge in [-0.1, -0.05) is 41.7 Å². The Hall–Kier alpha value is -3.34. The number of nitrogens with one attached hydrogen (secondary N) is 2. The van der Waals surface area contributed by atoms with Crippen molar-refractivity contribution in [1.82, 2.24) is 19.5 Å². The second-order valence-corrected chi connectivity index (χ2v) is 10.8. The second-order valence-electron chi connectivity index (χ2n) is 9.52. The Morgan fingerprint density at radius 2 is 1.82 bits per heavy atom. The first-order chi connectivity index (χ1) is 18.0. The molecule has 0 radical (unpaired) electrons. The van der Waals surface area contributed by atoms with Gasteiger partial charge in [0.1, 0.15) is 17.1 Å². The predicted molar refractivity (Wildman–Crippen MR) is 146 cm³/mol. The maximum Gasteiger partial charge on any atom is 0.229 e. The van der Waals surface area contributed by atoms with Crippen LogP contribution in [-0.2, 0) is 4.79 Å². The minimum absolute atomic E-state index is 0.0899. The first-order valence-electron chi connectivity index (χ1n) is 11.8. The quantitative estimate of drug-likeness (QED) is 0.187. The summed E-state index contributed by atoms with van der Waals surface area (Å²) in [6.45, 7) is 1.88. The van der Waals surface area contributed by atoms with Gasteiger partial charge in [-0.2, -0.15) is 4.98 Å². The number of fused-ring (bicyclic) bond motifs is 1. The molecule has 2 aromatic carbocycles. The fourth-order valence-corrected chi connectivity index (χ4v) is 5.54. The largest absolute Gasteiger partial charge is 0.508 e. The molecule has 2 heterocycles. The van der Waals surface area contributed by atoms with Crippen LogP contribution in [0.15, 0.2) is 36.5 Å². The van der Waals surface area contributed by atoms with Gasteiger partial charge < -0.3 is 21.5 Å². The zero-order chi connectivity index (χ0) is 27.2. The van der Waals surface area contributed by atoms with E-state index < -0.39 is 11.2 Å². The third-order valence-electron chi connectivity index (χ3n) is 6.89. The van der Waals surface area contributed by atoms with E-state index in [1.807, 2.05) is 11.5 Å². The van der Waals surface area contributed by atoms with Crippen LogP contribution in [0.4, 0.5) is 27.7 Å². The van der Waals surface area contributed by atoms with Crippen LogP contribution in [0.3, 0.4) is 0 Å². The Balaban J connectivity index is 1.57. The number of benzene rings is 2. The smallest absolute Gasteiger partial charge is 0.229 e. The number of nitrogens with two attached hydrogens (primary N) is 1. The summed E-state index contributed by atoms with van der Waals surface area (Å²) >= 11 is 18.9. The van der Waals surface area contributed by atoms with Gasteiger partial charge in [0.15, 0.2) is 5.65 Å². The summed E-state index contributed by atoms with van der Waals surface area (Å²) in [6.07, 6.45) is 3.97. The van der Waals surface area contributed by atoms with E-state index in [1.165, 1.54) is 18.3 Å². The molecule has 0 atom stereocenters. The Kier molecular flexibility index (Phi) is 6.97. The van der Waals surface area contributed by atoms with Crippen molar-refractivity contribution in [2.75, 3.05) is 10.6 Å². The topological polar surface area (TPSA) is 131 Å². The van der Waals surface area contributed by atoms with E-state index in [9.17, 15) is 14.3 Å². The maximum atomic E-state index is 14.3. The van der Waals surface area contributed by atoms with Crippen molar-refractivity contribution in [2.45, 2.75) is 38.6 Å². The number of carbonyl (C=O) groups is 1. The summed E-state index contributed by atoms with van der Waals surface area (Å²) in [5.41, 5.74) is 6.55. The van der Waals surface area contributed by atoms with Gasteiger partial charge in [-0.15, -0.1) is 0 Å². The maximum absolute atomic E-state index is 14.3. The van der Waals surface area contributed by atoms with Gasteiger partial charge in [0.05, 0.1) is 27.6 Å². The number of amides is 1. The number of primary amides is 1. The monoisotopic (exact) mass is 577 g/mol. The van der Waals surface area contributed by atoms with E-state index >= 15 is 0 Å². The molecule has 2 aromatic heterocycles. The van der Waals surface area contributed by atoms with E-state index in [1.54, 1.807) is 12.1 Å². The van der Waals surface area contributed by atoms with E-state index in [-0.39, 0.29) is 29.3 Å². The van der Waals surface area contributed by atoms with Crippen LogP contribution >= 0.6 is 34.8 Å². The first kappa shape index (κ1) is 26.3. The van der Waals surface area contributed by atoms with Gasteiger partial charge in [-0.25, -0.2) is 14.4 Å². The Labute approximate surface area is 232 Å². The molecule has 0 spiro atoms. The molecule has 1 fully saturated rings. The minimum atomic E-state index is -0.658. The summed E-state index contributed by atoms with van der Waals surface area (Å²) in [6, 6.07) is 6.78. The highest BCUT2D eigenvalue weighted by atomic mass is 35.5. The molecular weight excluding hydrogens is 556 g/mol. The van der Waals surface area contributed by atoms with Crippen LogP contribution in [0.5, 0.6) is 5.75 Å². The molecule has 0 saturated heterocycles. The summed E-state index contributed by atoms with van der Waals surface area (Å²) in [5, 5.41) is 16.6. The molecule has 9 nitrogen and oxygen atoms in total. The highest BCUT2D eigenvalue weighted by molar-refractivity contribution is 6.41. The van der Waals surface area contributed by atoms with Crippen LogP contribution in [0.25, 0.3) is 11.2 Å². The van der Waals surface area contributed by atoms with Crippen molar-refractivity contribution in [2.24, 2.45) is 11.1 Å². The molecule has 198 valence electrons. The van der Waals surface area contributed by atoms with Gasteiger partial charge in [-0.3, -0.25) is 9.36 Å². The number of rotatable bonds is 6. The summed E-state index contributed by atoms with van der Waals surface area (Å²) < 4.78 is 16.2. The first-order valence-corrected chi connectivity index (χ1v) is 12.9. The molecule has 4 aromatic rings. The summed E-state index contributed by atoms with van der Waals surface area (Å²) in [4.78, 5) is 25.6. The number of anilines is 4.